The molecule has 0 aliphatic carbocycles. The van der Waals surface area contributed by atoms with E-state index >= 15 is 0 Å². The van der Waals surface area contributed by atoms with Crippen molar-refractivity contribution in [2.24, 2.45) is 11.7 Å². The Morgan fingerprint density at radius 2 is 1.90 bits per heavy atom. The van der Waals surface area contributed by atoms with Crippen molar-refractivity contribution in [2.45, 2.75) is 29.4 Å². The summed E-state index contributed by atoms with van der Waals surface area (Å²) >= 11 is 7.96. The maximum absolute atomic E-state index is 6.00. The Morgan fingerprint density at radius 3 is 2.62 bits per heavy atom. The minimum Gasteiger partial charge on any atom is -0.330 e. The molecule has 110 valence electrons. The standard InChI is InChI=1S/C18H20ClNS/c19-16-7-5-13(6-8-16)9-14(12-20)10-17-11-15-3-1-2-4-18(15)21-17/h1-8,14,17H,9-12,20H2. The van der Waals surface area contributed by atoms with E-state index in [4.69, 9.17) is 17.3 Å². The van der Waals surface area contributed by atoms with Crippen LogP contribution in [0, 0.1) is 5.92 Å². The van der Waals surface area contributed by atoms with E-state index in [0.29, 0.717) is 11.2 Å². The first-order chi connectivity index (χ1) is 10.2. The van der Waals surface area contributed by atoms with Gasteiger partial charge in [-0.2, -0.15) is 0 Å². The van der Waals surface area contributed by atoms with Gasteiger partial charge in [-0.1, -0.05) is 41.9 Å². The zero-order chi connectivity index (χ0) is 14.7. The molecule has 1 nitrogen and oxygen atoms in total. The van der Waals surface area contributed by atoms with Crippen molar-refractivity contribution < 1.29 is 0 Å². The summed E-state index contributed by atoms with van der Waals surface area (Å²) < 4.78 is 0. The predicted molar refractivity (Wildman–Crippen MR) is 92.1 cm³/mol. The summed E-state index contributed by atoms with van der Waals surface area (Å²) in [5, 5.41) is 1.47. The van der Waals surface area contributed by atoms with E-state index in [1.54, 1.807) is 0 Å². The number of hydrogen-bond donors (Lipinski definition) is 1. The molecule has 1 aliphatic heterocycles. The quantitative estimate of drug-likeness (QED) is 0.874. The van der Waals surface area contributed by atoms with Crippen LogP contribution in [-0.2, 0) is 12.8 Å². The van der Waals surface area contributed by atoms with Gasteiger partial charge >= 0.3 is 0 Å². The van der Waals surface area contributed by atoms with Crippen LogP contribution in [0.3, 0.4) is 0 Å². The fourth-order valence-electron chi connectivity index (χ4n) is 2.97. The van der Waals surface area contributed by atoms with E-state index in [1.807, 2.05) is 23.9 Å². The Bertz CT molecular complexity index is 571. The third-order valence-corrected chi connectivity index (χ3v) is 5.68. The molecule has 2 aromatic rings. The van der Waals surface area contributed by atoms with Crippen LogP contribution in [0.15, 0.2) is 53.4 Å². The van der Waals surface area contributed by atoms with Crippen molar-refractivity contribution in [2.75, 3.05) is 6.54 Å². The first-order valence-electron chi connectivity index (χ1n) is 7.43. The summed E-state index contributed by atoms with van der Waals surface area (Å²) in [6.07, 6.45) is 3.40. The molecule has 0 saturated heterocycles. The summed E-state index contributed by atoms with van der Waals surface area (Å²) in [5.41, 5.74) is 8.82. The van der Waals surface area contributed by atoms with Gasteiger partial charge in [-0.3, -0.25) is 0 Å². The normalized spacial score (nSPS) is 18.5. The van der Waals surface area contributed by atoms with E-state index in [1.165, 1.54) is 28.9 Å². The largest absolute Gasteiger partial charge is 0.330 e. The van der Waals surface area contributed by atoms with Crippen molar-refractivity contribution in [1.82, 2.24) is 0 Å². The first kappa shape index (κ1) is 15.0. The van der Waals surface area contributed by atoms with Gasteiger partial charge in [0.25, 0.3) is 0 Å². The second-order valence-corrected chi connectivity index (χ2v) is 7.50. The van der Waals surface area contributed by atoms with Crippen molar-refractivity contribution in [3.63, 3.8) is 0 Å². The molecule has 0 saturated carbocycles. The number of halogens is 1. The first-order valence-corrected chi connectivity index (χ1v) is 8.69. The molecule has 0 amide bonds. The molecule has 1 aliphatic rings. The van der Waals surface area contributed by atoms with Gasteiger partial charge < -0.3 is 5.73 Å². The molecule has 3 rings (SSSR count). The average molecular weight is 318 g/mol. The third kappa shape index (κ3) is 3.82. The number of rotatable bonds is 5. The fraction of sp³-hybridized carbons (Fsp3) is 0.333. The van der Waals surface area contributed by atoms with Crippen LogP contribution in [0.5, 0.6) is 0 Å². The molecule has 0 aromatic heterocycles. The summed E-state index contributed by atoms with van der Waals surface area (Å²) in [4.78, 5) is 1.45. The van der Waals surface area contributed by atoms with Crippen LogP contribution >= 0.6 is 23.4 Å². The Morgan fingerprint density at radius 1 is 1.14 bits per heavy atom. The molecule has 2 unspecified atom stereocenters. The van der Waals surface area contributed by atoms with Crippen LogP contribution in [0.1, 0.15) is 17.5 Å². The zero-order valence-corrected chi connectivity index (χ0v) is 13.5. The van der Waals surface area contributed by atoms with Crippen molar-refractivity contribution in [1.29, 1.82) is 0 Å². The summed E-state index contributed by atoms with van der Waals surface area (Å²) in [7, 11) is 0. The molecule has 2 N–H and O–H groups in total. The van der Waals surface area contributed by atoms with Crippen molar-refractivity contribution >= 4 is 23.4 Å². The number of thioether (sulfide) groups is 1. The highest BCUT2D eigenvalue weighted by atomic mass is 35.5. The lowest BCUT2D eigenvalue weighted by atomic mass is 9.93. The van der Waals surface area contributed by atoms with Crippen molar-refractivity contribution in [3.8, 4) is 0 Å². The maximum atomic E-state index is 6.00. The Kier molecular flexibility index (Phi) is 4.89. The number of benzene rings is 2. The van der Waals surface area contributed by atoms with E-state index in [-0.39, 0.29) is 0 Å². The van der Waals surface area contributed by atoms with Gasteiger partial charge in [-0.15, -0.1) is 11.8 Å². The molecule has 0 radical (unpaired) electrons. The lowest BCUT2D eigenvalue weighted by molar-refractivity contribution is 0.485. The lowest BCUT2D eigenvalue weighted by Crippen LogP contribution is -2.21. The molecule has 2 aromatic carbocycles. The molecule has 21 heavy (non-hydrogen) atoms. The number of nitrogens with two attached hydrogens (primary N) is 1. The molecule has 0 spiro atoms. The van der Waals surface area contributed by atoms with E-state index in [0.717, 1.165) is 18.0 Å². The van der Waals surface area contributed by atoms with Crippen LogP contribution in [0.4, 0.5) is 0 Å². The van der Waals surface area contributed by atoms with Gasteiger partial charge in [0.05, 0.1) is 0 Å². The SMILES string of the molecule is NCC(Cc1ccc(Cl)cc1)CC1Cc2ccccc2S1. The summed E-state index contributed by atoms with van der Waals surface area (Å²) in [6, 6.07) is 16.9. The highest BCUT2D eigenvalue weighted by molar-refractivity contribution is 8.00. The maximum Gasteiger partial charge on any atom is 0.0406 e. The van der Waals surface area contributed by atoms with E-state index in [2.05, 4.69) is 36.4 Å². The van der Waals surface area contributed by atoms with Gasteiger partial charge in [0.2, 0.25) is 0 Å². The molecule has 0 bridgehead atoms. The molecular weight excluding hydrogens is 298 g/mol. The monoisotopic (exact) mass is 317 g/mol. The van der Waals surface area contributed by atoms with Gasteiger partial charge in [-0.05, 0) is 61.1 Å². The number of hydrogen-bond acceptors (Lipinski definition) is 2. The average Bonchev–Trinajstić information content (AvgIpc) is 2.91. The lowest BCUT2D eigenvalue weighted by Gasteiger charge is -2.18. The Balaban J connectivity index is 1.60. The molecule has 3 heteroatoms. The van der Waals surface area contributed by atoms with E-state index in [9.17, 15) is 0 Å². The summed E-state index contributed by atoms with van der Waals surface area (Å²) in [6.45, 7) is 0.746. The zero-order valence-electron chi connectivity index (χ0n) is 12.0. The minimum absolute atomic E-state index is 0.540. The van der Waals surface area contributed by atoms with Gasteiger partial charge in [0.1, 0.15) is 0 Å². The van der Waals surface area contributed by atoms with Gasteiger partial charge in [-0.25, -0.2) is 0 Å². The van der Waals surface area contributed by atoms with Crippen LogP contribution in [0.2, 0.25) is 5.02 Å². The van der Waals surface area contributed by atoms with Crippen molar-refractivity contribution in [3.05, 3.63) is 64.7 Å². The Labute approximate surface area is 135 Å². The number of fused-ring (bicyclic) bond motifs is 1. The highest BCUT2D eigenvalue weighted by Gasteiger charge is 2.24. The smallest absolute Gasteiger partial charge is 0.0406 e. The minimum atomic E-state index is 0.540. The third-order valence-electron chi connectivity index (χ3n) is 4.08. The fourth-order valence-corrected chi connectivity index (χ4v) is 4.55. The van der Waals surface area contributed by atoms with Gasteiger partial charge in [0, 0.05) is 15.2 Å². The second-order valence-electron chi connectivity index (χ2n) is 5.72. The topological polar surface area (TPSA) is 26.0 Å². The highest BCUT2D eigenvalue weighted by Crippen LogP contribution is 2.39. The van der Waals surface area contributed by atoms with E-state index < -0.39 is 0 Å². The second kappa shape index (κ2) is 6.87. The Hall–Kier alpha value is -0.960. The summed E-state index contributed by atoms with van der Waals surface area (Å²) in [5.74, 6) is 0.540. The molecule has 0 fully saturated rings. The predicted octanol–water partition coefficient (Wildman–Crippen LogP) is 4.56. The van der Waals surface area contributed by atoms with Crippen LogP contribution in [-0.4, -0.2) is 11.8 Å². The van der Waals surface area contributed by atoms with Gasteiger partial charge in [0.15, 0.2) is 0 Å². The molecule has 1 heterocycles. The molecular formula is C18H20ClNS. The van der Waals surface area contributed by atoms with Crippen LogP contribution in [0.25, 0.3) is 0 Å². The molecule has 2 atom stereocenters. The van der Waals surface area contributed by atoms with Crippen LogP contribution < -0.4 is 5.73 Å².